The molecule has 2 heterocycles. The lowest BCUT2D eigenvalue weighted by atomic mass is 10.1. The zero-order chi connectivity index (χ0) is 17.2. The summed E-state index contributed by atoms with van der Waals surface area (Å²) in [4.78, 5) is 16.2. The molecule has 0 amide bonds. The summed E-state index contributed by atoms with van der Waals surface area (Å²) < 4.78 is 45.4. The van der Waals surface area contributed by atoms with Crippen LogP contribution in [-0.4, -0.2) is 28.7 Å². The van der Waals surface area contributed by atoms with Gasteiger partial charge in [0, 0.05) is 24.7 Å². The van der Waals surface area contributed by atoms with Crippen LogP contribution in [0.25, 0.3) is 11.0 Å². The van der Waals surface area contributed by atoms with Crippen LogP contribution in [0.4, 0.5) is 13.2 Å². The van der Waals surface area contributed by atoms with Crippen molar-refractivity contribution in [2.24, 2.45) is 5.73 Å². The Morgan fingerprint density at radius 3 is 2.54 bits per heavy atom. The lowest BCUT2D eigenvalue weighted by molar-refractivity contribution is -0.137. The van der Waals surface area contributed by atoms with E-state index >= 15 is 0 Å². The van der Waals surface area contributed by atoms with E-state index in [1.54, 1.807) is 13.8 Å². The first-order valence-electron chi connectivity index (χ1n) is 7.30. The average molecular weight is 366 g/mol. The monoisotopic (exact) mass is 365 g/mol. The third kappa shape index (κ3) is 3.64. The van der Waals surface area contributed by atoms with Crippen LogP contribution in [0.2, 0.25) is 0 Å². The van der Waals surface area contributed by atoms with Crippen molar-refractivity contribution >= 4 is 29.4 Å². The van der Waals surface area contributed by atoms with E-state index in [2.05, 4.69) is 4.98 Å². The lowest BCUT2D eigenvalue weighted by Crippen LogP contribution is -2.18. The minimum Gasteiger partial charge on any atom is -0.461 e. The fourth-order valence-corrected chi connectivity index (χ4v) is 2.58. The summed E-state index contributed by atoms with van der Waals surface area (Å²) >= 11 is 0. The summed E-state index contributed by atoms with van der Waals surface area (Å²) in [6.07, 6.45) is -3.35. The van der Waals surface area contributed by atoms with Crippen LogP contribution in [0.15, 0.2) is 12.3 Å². The summed E-state index contributed by atoms with van der Waals surface area (Å²) in [5.74, 6) is -0.579. The van der Waals surface area contributed by atoms with Crippen LogP contribution in [-0.2, 0) is 23.9 Å². The number of ether oxygens (including phenoxy) is 1. The Hall–Kier alpha value is -1.80. The number of nitrogens with two attached hydrogens (primary N) is 1. The SMILES string of the molecule is CCOC(=O)c1c(CC)c2cc(C(F)(F)F)cnc2n1CCN.Cl. The first-order chi connectivity index (χ1) is 10.8. The van der Waals surface area contributed by atoms with Gasteiger partial charge in [0.1, 0.15) is 11.3 Å². The Balaban J connectivity index is 0.00000288. The molecule has 0 aliphatic heterocycles. The number of aromatic nitrogens is 2. The summed E-state index contributed by atoms with van der Waals surface area (Å²) in [7, 11) is 0. The van der Waals surface area contributed by atoms with Gasteiger partial charge >= 0.3 is 12.1 Å². The van der Waals surface area contributed by atoms with E-state index < -0.39 is 17.7 Å². The molecule has 0 unspecified atom stereocenters. The first-order valence-corrected chi connectivity index (χ1v) is 7.30. The highest BCUT2D eigenvalue weighted by molar-refractivity contribution is 5.98. The number of fused-ring (bicyclic) bond motifs is 1. The second-order valence-electron chi connectivity index (χ2n) is 4.93. The summed E-state index contributed by atoms with van der Waals surface area (Å²) in [6, 6.07) is 1.02. The normalized spacial score (nSPS) is 11.4. The molecule has 2 N–H and O–H groups in total. The largest absolute Gasteiger partial charge is 0.461 e. The van der Waals surface area contributed by atoms with Crippen LogP contribution in [0.3, 0.4) is 0 Å². The van der Waals surface area contributed by atoms with Gasteiger partial charge in [-0.15, -0.1) is 12.4 Å². The van der Waals surface area contributed by atoms with E-state index in [9.17, 15) is 18.0 Å². The van der Waals surface area contributed by atoms with Crippen molar-refractivity contribution < 1.29 is 22.7 Å². The van der Waals surface area contributed by atoms with Gasteiger partial charge in [0.05, 0.1) is 12.2 Å². The predicted octanol–water partition coefficient (Wildman–Crippen LogP) is 3.17. The van der Waals surface area contributed by atoms with E-state index in [1.165, 1.54) is 4.57 Å². The number of carbonyl (C=O) groups is 1. The Bertz CT molecular complexity index is 729. The Morgan fingerprint density at radius 1 is 1.38 bits per heavy atom. The Morgan fingerprint density at radius 2 is 2.04 bits per heavy atom. The molecule has 2 aromatic heterocycles. The molecule has 0 fully saturated rings. The molecule has 134 valence electrons. The molecule has 2 rings (SSSR count). The van der Waals surface area contributed by atoms with Crippen molar-refractivity contribution in [1.82, 2.24) is 9.55 Å². The molecule has 24 heavy (non-hydrogen) atoms. The van der Waals surface area contributed by atoms with E-state index in [0.717, 1.165) is 12.3 Å². The Kier molecular flexibility index (Phi) is 6.62. The molecular weight excluding hydrogens is 347 g/mol. The highest BCUT2D eigenvalue weighted by Gasteiger charge is 2.33. The zero-order valence-corrected chi connectivity index (χ0v) is 14.1. The number of aryl methyl sites for hydroxylation is 1. The van der Waals surface area contributed by atoms with Gasteiger partial charge in [0.25, 0.3) is 0 Å². The second kappa shape index (κ2) is 7.85. The van der Waals surface area contributed by atoms with Gasteiger partial charge < -0.3 is 15.0 Å². The van der Waals surface area contributed by atoms with Gasteiger partial charge in [-0.25, -0.2) is 9.78 Å². The molecule has 0 radical (unpaired) electrons. The smallest absolute Gasteiger partial charge is 0.417 e. The number of rotatable bonds is 5. The van der Waals surface area contributed by atoms with Crippen LogP contribution < -0.4 is 5.73 Å². The van der Waals surface area contributed by atoms with Gasteiger partial charge in [-0.05, 0) is 25.0 Å². The van der Waals surface area contributed by atoms with Crippen molar-refractivity contribution in [1.29, 1.82) is 0 Å². The highest BCUT2D eigenvalue weighted by Crippen LogP contribution is 2.33. The average Bonchev–Trinajstić information content (AvgIpc) is 2.80. The minimum atomic E-state index is -4.49. The van der Waals surface area contributed by atoms with Crippen LogP contribution >= 0.6 is 12.4 Å². The van der Waals surface area contributed by atoms with Crippen molar-refractivity contribution in [3.8, 4) is 0 Å². The van der Waals surface area contributed by atoms with E-state index in [0.29, 0.717) is 23.0 Å². The molecule has 0 saturated carbocycles. The summed E-state index contributed by atoms with van der Waals surface area (Å²) in [6.45, 7) is 4.10. The highest BCUT2D eigenvalue weighted by atomic mass is 35.5. The molecular formula is C15H19ClF3N3O2. The summed E-state index contributed by atoms with van der Waals surface area (Å²) in [5, 5.41) is 0.304. The van der Waals surface area contributed by atoms with E-state index in [-0.39, 0.29) is 37.8 Å². The minimum absolute atomic E-state index is 0. The molecule has 0 aliphatic carbocycles. The van der Waals surface area contributed by atoms with Gasteiger partial charge in [-0.2, -0.15) is 13.2 Å². The number of carbonyl (C=O) groups excluding carboxylic acids is 1. The van der Waals surface area contributed by atoms with Crippen molar-refractivity contribution in [3.63, 3.8) is 0 Å². The third-order valence-electron chi connectivity index (χ3n) is 3.51. The molecule has 9 heteroatoms. The Labute approximate surface area is 143 Å². The maximum Gasteiger partial charge on any atom is 0.417 e. The predicted molar refractivity (Wildman–Crippen MR) is 86.4 cm³/mol. The molecule has 0 aliphatic rings. The van der Waals surface area contributed by atoms with Crippen LogP contribution in [0, 0.1) is 0 Å². The quantitative estimate of drug-likeness (QED) is 0.826. The molecule has 2 aromatic rings. The maximum absolute atomic E-state index is 12.9. The summed E-state index contributed by atoms with van der Waals surface area (Å²) in [5.41, 5.74) is 5.74. The molecule has 0 spiro atoms. The fourth-order valence-electron chi connectivity index (χ4n) is 2.58. The standard InChI is InChI=1S/C15H18F3N3O2.ClH/c1-3-10-11-7-9(15(16,17)18)8-20-13(11)21(6-5-19)12(10)14(22)23-4-2;/h7-8H,3-6,19H2,1-2H3;1H. The first kappa shape index (κ1) is 20.2. The molecule has 5 nitrogen and oxygen atoms in total. The number of pyridine rings is 1. The van der Waals surface area contributed by atoms with E-state index in [4.69, 9.17) is 10.5 Å². The van der Waals surface area contributed by atoms with Gasteiger partial charge in [0.15, 0.2) is 0 Å². The molecule has 0 saturated heterocycles. The van der Waals surface area contributed by atoms with Gasteiger partial charge in [-0.1, -0.05) is 6.92 Å². The number of alkyl halides is 3. The molecule has 0 bridgehead atoms. The number of hydrogen-bond acceptors (Lipinski definition) is 4. The molecule has 0 aromatic carbocycles. The van der Waals surface area contributed by atoms with Crippen LogP contribution in [0.5, 0.6) is 0 Å². The number of esters is 1. The molecule has 0 atom stereocenters. The second-order valence-corrected chi connectivity index (χ2v) is 4.93. The van der Waals surface area contributed by atoms with Gasteiger partial charge in [0.2, 0.25) is 0 Å². The maximum atomic E-state index is 12.9. The van der Waals surface area contributed by atoms with Gasteiger partial charge in [-0.3, -0.25) is 0 Å². The number of nitrogens with zero attached hydrogens (tertiary/aromatic N) is 2. The van der Waals surface area contributed by atoms with E-state index in [1.807, 2.05) is 0 Å². The van der Waals surface area contributed by atoms with Crippen molar-refractivity contribution in [3.05, 3.63) is 29.1 Å². The zero-order valence-electron chi connectivity index (χ0n) is 13.3. The van der Waals surface area contributed by atoms with Crippen molar-refractivity contribution in [2.75, 3.05) is 13.2 Å². The number of halogens is 4. The topological polar surface area (TPSA) is 70.1 Å². The van der Waals surface area contributed by atoms with Crippen LogP contribution in [0.1, 0.15) is 35.5 Å². The lowest BCUT2D eigenvalue weighted by Gasteiger charge is -2.09. The third-order valence-corrected chi connectivity index (χ3v) is 3.51. The van der Waals surface area contributed by atoms with Crippen molar-refractivity contribution in [2.45, 2.75) is 33.0 Å². The fraction of sp³-hybridized carbons (Fsp3) is 0.467. The number of hydrogen-bond donors (Lipinski definition) is 1.